The molecule has 0 aliphatic heterocycles. The Morgan fingerprint density at radius 3 is 2.92 bits per heavy atom. The number of hydrogen-bond donors (Lipinski definition) is 0. The van der Waals surface area contributed by atoms with Gasteiger partial charge in [0.1, 0.15) is 0 Å². The van der Waals surface area contributed by atoms with E-state index in [0.717, 1.165) is 6.42 Å². The number of aryl methyl sites for hydroxylation is 1. The lowest BCUT2D eigenvalue weighted by atomic mass is 10.1. The molecule has 0 N–H and O–H groups in total. The Morgan fingerprint density at radius 1 is 1.33 bits per heavy atom. The number of rotatable bonds is 1. The number of fused-ring (bicyclic) bond motifs is 1. The zero-order valence-electron chi connectivity index (χ0n) is 7.25. The molecule has 0 amide bonds. The van der Waals surface area contributed by atoms with Crippen LogP contribution < -0.4 is 0 Å². The lowest BCUT2D eigenvalue weighted by Gasteiger charge is -1.98. The molecule has 61 valence electrons. The van der Waals surface area contributed by atoms with Gasteiger partial charge < -0.3 is 4.57 Å². The average Bonchev–Trinajstić information content (AvgIpc) is 2.47. The van der Waals surface area contributed by atoms with Gasteiger partial charge in [-0.2, -0.15) is 0 Å². The van der Waals surface area contributed by atoms with E-state index in [1.807, 2.05) is 0 Å². The van der Waals surface area contributed by atoms with Gasteiger partial charge in [-0.15, -0.1) is 0 Å². The molecule has 0 saturated heterocycles. The Hall–Kier alpha value is -1.24. The van der Waals surface area contributed by atoms with Crippen molar-refractivity contribution in [2.24, 2.45) is 7.05 Å². The van der Waals surface area contributed by atoms with E-state index >= 15 is 0 Å². The van der Waals surface area contributed by atoms with Gasteiger partial charge in [0, 0.05) is 18.8 Å². The molecule has 1 radical (unpaired) electrons. The van der Waals surface area contributed by atoms with Crippen LogP contribution in [0.5, 0.6) is 0 Å². The minimum absolute atomic E-state index is 0.866. The van der Waals surface area contributed by atoms with Gasteiger partial charge in [-0.05, 0) is 42.5 Å². The monoisotopic (exact) mass is 158 g/mol. The van der Waals surface area contributed by atoms with Crippen LogP contribution in [-0.4, -0.2) is 4.57 Å². The fourth-order valence-electron chi connectivity index (χ4n) is 1.49. The predicted octanol–water partition coefficient (Wildman–Crippen LogP) is 2.55. The van der Waals surface area contributed by atoms with Crippen LogP contribution in [0.25, 0.3) is 10.9 Å². The predicted molar refractivity (Wildman–Crippen MR) is 52.0 cm³/mol. The van der Waals surface area contributed by atoms with E-state index in [1.165, 1.54) is 16.5 Å². The molecular formula is C11H12N. The van der Waals surface area contributed by atoms with Gasteiger partial charge in [-0.3, -0.25) is 0 Å². The Kier molecular flexibility index (Phi) is 1.65. The highest BCUT2D eigenvalue weighted by Crippen LogP contribution is 2.16. The zero-order valence-corrected chi connectivity index (χ0v) is 7.25. The fraction of sp³-hybridized carbons (Fsp3) is 0.182. The van der Waals surface area contributed by atoms with Gasteiger partial charge in [0.15, 0.2) is 0 Å². The van der Waals surface area contributed by atoms with Gasteiger partial charge in [0.25, 0.3) is 0 Å². The molecule has 0 spiro atoms. The van der Waals surface area contributed by atoms with Gasteiger partial charge in [-0.25, -0.2) is 0 Å². The van der Waals surface area contributed by atoms with Crippen LogP contribution >= 0.6 is 0 Å². The summed E-state index contributed by atoms with van der Waals surface area (Å²) in [5.74, 6) is 0. The van der Waals surface area contributed by atoms with Crippen molar-refractivity contribution in [1.29, 1.82) is 0 Å². The molecule has 1 nitrogen and oxygen atoms in total. The molecule has 2 aromatic rings. The normalized spacial score (nSPS) is 10.8. The minimum atomic E-state index is 0.866. The van der Waals surface area contributed by atoms with Crippen LogP contribution in [0.4, 0.5) is 0 Å². The maximum atomic E-state index is 3.86. The number of aromatic nitrogens is 1. The Balaban J connectivity index is 2.69. The maximum absolute atomic E-state index is 3.86. The van der Waals surface area contributed by atoms with Crippen molar-refractivity contribution < 1.29 is 0 Å². The molecule has 0 fully saturated rings. The van der Waals surface area contributed by atoms with E-state index in [9.17, 15) is 0 Å². The number of hydrogen-bond acceptors (Lipinski definition) is 0. The summed E-state index contributed by atoms with van der Waals surface area (Å²) in [6, 6.07) is 8.61. The first-order valence-electron chi connectivity index (χ1n) is 4.14. The number of nitrogens with zero attached hydrogens (tertiary/aromatic N) is 1. The van der Waals surface area contributed by atoms with E-state index in [4.69, 9.17) is 0 Å². The van der Waals surface area contributed by atoms with Crippen molar-refractivity contribution in [3.05, 3.63) is 42.9 Å². The van der Waals surface area contributed by atoms with Gasteiger partial charge in [-0.1, -0.05) is 6.07 Å². The number of benzene rings is 1. The van der Waals surface area contributed by atoms with Crippen molar-refractivity contribution in [2.45, 2.75) is 6.42 Å². The molecule has 12 heavy (non-hydrogen) atoms. The van der Waals surface area contributed by atoms with E-state index in [-0.39, 0.29) is 0 Å². The van der Waals surface area contributed by atoms with Crippen LogP contribution in [0.15, 0.2) is 30.5 Å². The first kappa shape index (κ1) is 7.41. The Bertz CT molecular complexity index is 398. The summed E-state index contributed by atoms with van der Waals surface area (Å²) in [6.07, 6.45) is 2.95. The third-order valence-electron chi connectivity index (χ3n) is 2.24. The smallest absolute Gasteiger partial charge is 0.0477 e. The van der Waals surface area contributed by atoms with Gasteiger partial charge >= 0.3 is 0 Å². The van der Waals surface area contributed by atoms with E-state index in [1.54, 1.807) is 0 Å². The second-order valence-electron chi connectivity index (χ2n) is 3.07. The third kappa shape index (κ3) is 1.02. The largest absolute Gasteiger partial charge is 0.351 e. The third-order valence-corrected chi connectivity index (χ3v) is 2.24. The second-order valence-corrected chi connectivity index (χ2v) is 3.07. The Labute approximate surface area is 72.6 Å². The molecule has 1 aromatic heterocycles. The van der Waals surface area contributed by atoms with Gasteiger partial charge in [0.05, 0.1) is 0 Å². The average molecular weight is 158 g/mol. The van der Waals surface area contributed by atoms with E-state index in [2.05, 4.69) is 49.0 Å². The van der Waals surface area contributed by atoms with Crippen LogP contribution in [0.3, 0.4) is 0 Å². The molecule has 0 bridgehead atoms. The van der Waals surface area contributed by atoms with Crippen LogP contribution in [0.2, 0.25) is 0 Å². The van der Waals surface area contributed by atoms with Crippen molar-refractivity contribution in [3.63, 3.8) is 0 Å². The molecule has 0 aliphatic carbocycles. The van der Waals surface area contributed by atoms with Gasteiger partial charge in [0.2, 0.25) is 0 Å². The topological polar surface area (TPSA) is 4.93 Å². The molecule has 2 rings (SSSR count). The lowest BCUT2D eigenvalue weighted by Crippen LogP contribution is -1.84. The summed E-state index contributed by atoms with van der Waals surface area (Å²) >= 11 is 0. The Morgan fingerprint density at radius 2 is 2.17 bits per heavy atom. The molecule has 0 aliphatic rings. The SMILES string of the molecule is [CH2]Cc1ccc2c(ccn2C)c1. The maximum Gasteiger partial charge on any atom is 0.0477 e. The molecule has 0 atom stereocenters. The highest BCUT2D eigenvalue weighted by molar-refractivity contribution is 5.80. The van der Waals surface area contributed by atoms with Crippen LogP contribution in [0.1, 0.15) is 5.56 Å². The van der Waals surface area contributed by atoms with Crippen molar-refractivity contribution in [1.82, 2.24) is 4.57 Å². The summed E-state index contributed by atoms with van der Waals surface area (Å²) in [6.45, 7) is 3.86. The summed E-state index contributed by atoms with van der Waals surface area (Å²) < 4.78 is 2.13. The van der Waals surface area contributed by atoms with Crippen molar-refractivity contribution in [3.8, 4) is 0 Å². The molecule has 1 heterocycles. The fourth-order valence-corrected chi connectivity index (χ4v) is 1.49. The quantitative estimate of drug-likeness (QED) is 0.601. The summed E-state index contributed by atoms with van der Waals surface area (Å²) in [4.78, 5) is 0. The molecule has 0 unspecified atom stereocenters. The first-order valence-corrected chi connectivity index (χ1v) is 4.14. The highest BCUT2D eigenvalue weighted by atomic mass is 14.9. The molecule has 1 heteroatoms. The second kappa shape index (κ2) is 2.67. The van der Waals surface area contributed by atoms with Crippen LogP contribution in [-0.2, 0) is 13.5 Å². The summed E-state index contributed by atoms with van der Waals surface area (Å²) in [5, 5.41) is 1.30. The van der Waals surface area contributed by atoms with Crippen molar-refractivity contribution >= 4 is 10.9 Å². The molecule has 0 saturated carbocycles. The zero-order chi connectivity index (χ0) is 8.55. The van der Waals surface area contributed by atoms with Crippen molar-refractivity contribution in [2.75, 3.05) is 0 Å². The summed E-state index contributed by atoms with van der Waals surface area (Å²) in [5.41, 5.74) is 2.58. The minimum Gasteiger partial charge on any atom is -0.351 e. The molecular weight excluding hydrogens is 146 g/mol. The van der Waals surface area contributed by atoms with Crippen LogP contribution in [0, 0.1) is 6.92 Å². The highest BCUT2D eigenvalue weighted by Gasteiger charge is 1.97. The standard InChI is InChI=1S/C11H12N/c1-3-9-4-5-11-10(8-9)6-7-12(11)2/h4-8H,1,3H2,2H3. The van der Waals surface area contributed by atoms with E-state index < -0.39 is 0 Å². The molecule has 1 aromatic carbocycles. The van der Waals surface area contributed by atoms with E-state index in [0.29, 0.717) is 0 Å². The summed E-state index contributed by atoms with van der Waals surface area (Å²) in [7, 11) is 2.06. The lowest BCUT2D eigenvalue weighted by molar-refractivity contribution is 0.969. The first-order chi connectivity index (χ1) is 5.81.